The highest BCUT2D eigenvalue weighted by Gasteiger charge is 2.32. The summed E-state index contributed by atoms with van der Waals surface area (Å²) < 4.78 is 13.3. The van der Waals surface area contributed by atoms with E-state index in [0.29, 0.717) is 41.0 Å². The van der Waals surface area contributed by atoms with E-state index in [9.17, 15) is 18.8 Å². The molecule has 3 amide bonds. The average Bonchev–Trinajstić information content (AvgIpc) is 3.23. The Labute approximate surface area is 194 Å². The Balaban J connectivity index is 1.57. The number of amides is 3. The summed E-state index contributed by atoms with van der Waals surface area (Å²) in [6.07, 6.45) is 2.95. The van der Waals surface area contributed by atoms with E-state index in [2.05, 4.69) is 15.3 Å². The van der Waals surface area contributed by atoms with Crippen molar-refractivity contribution >= 4 is 40.2 Å². The number of hydrogen-bond acceptors (Lipinski definition) is 4. The predicted octanol–water partition coefficient (Wildman–Crippen LogP) is 2.42. The fraction of sp³-hybridized carbons (Fsp3) is 0.304. The summed E-state index contributed by atoms with van der Waals surface area (Å²) in [5.74, 6) is -2.06. The van der Waals surface area contributed by atoms with Gasteiger partial charge in [0.05, 0.1) is 17.6 Å². The van der Waals surface area contributed by atoms with Crippen molar-refractivity contribution in [2.45, 2.75) is 25.3 Å². The van der Waals surface area contributed by atoms with Crippen molar-refractivity contribution in [2.24, 2.45) is 11.7 Å². The topological polar surface area (TPSA) is 121 Å². The molecule has 3 heterocycles. The van der Waals surface area contributed by atoms with Crippen molar-refractivity contribution < 1.29 is 18.8 Å². The number of benzene rings is 1. The van der Waals surface area contributed by atoms with Crippen LogP contribution in [0, 0.1) is 11.7 Å². The minimum Gasteiger partial charge on any atom is -0.369 e. The Morgan fingerprint density at radius 2 is 2.03 bits per heavy atom. The smallest absolute Gasteiger partial charge is 0.268 e. The lowest BCUT2D eigenvalue weighted by atomic mass is 9.96. The van der Waals surface area contributed by atoms with Crippen LogP contribution in [-0.2, 0) is 16.0 Å². The molecule has 3 aromatic rings. The van der Waals surface area contributed by atoms with Crippen LogP contribution in [0.3, 0.4) is 0 Å². The van der Waals surface area contributed by atoms with Crippen molar-refractivity contribution in [1.82, 2.24) is 20.2 Å². The van der Waals surface area contributed by atoms with Gasteiger partial charge in [-0.05, 0) is 42.7 Å². The van der Waals surface area contributed by atoms with E-state index in [4.69, 9.17) is 17.3 Å². The fourth-order valence-electron chi connectivity index (χ4n) is 4.05. The molecule has 0 spiro atoms. The van der Waals surface area contributed by atoms with Crippen LogP contribution in [0.5, 0.6) is 0 Å². The number of H-pyrrole nitrogens is 1. The maximum atomic E-state index is 13.4. The zero-order valence-electron chi connectivity index (χ0n) is 17.7. The molecule has 1 saturated heterocycles. The van der Waals surface area contributed by atoms with Crippen molar-refractivity contribution in [2.75, 3.05) is 13.1 Å². The largest absolute Gasteiger partial charge is 0.369 e. The summed E-state index contributed by atoms with van der Waals surface area (Å²) in [6, 6.07) is 8.09. The number of fused-ring (bicyclic) bond motifs is 1. The lowest BCUT2D eigenvalue weighted by molar-refractivity contribution is -0.136. The molecule has 10 heteroatoms. The minimum absolute atomic E-state index is 0.163. The second-order valence-electron chi connectivity index (χ2n) is 8.16. The third kappa shape index (κ3) is 5.31. The third-order valence-corrected chi connectivity index (χ3v) is 6.02. The zero-order valence-corrected chi connectivity index (χ0v) is 18.4. The van der Waals surface area contributed by atoms with Gasteiger partial charge in [-0.3, -0.25) is 14.4 Å². The lowest BCUT2D eigenvalue weighted by Gasteiger charge is -2.34. The Bertz CT molecular complexity index is 1200. The SMILES string of the molecule is NC(=O)C1CCCN(C(=O)[C@H](Cc2ccc(F)cc2)NC(=O)c2cc3cc(Cl)ncc3[nH]2)C1. The van der Waals surface area contributed by atoms with Gasteiger partial charge in [-0.25, -0.2) is 9.37 Å². The number of primary amides is 1. The molecule has 1 aliphatic heterocycles. The number of likely N-dealkylation sites (tertiary alicyclic amines) is 1. The molecule has 4 rings (SSSR count). The molecular weight excluding hydrogens is 449 g/mol. The van der Waals surface area contributed by atoms with Crippen LogP contribution in [0.2, 0.25) is 5.15 Å². The second kappa shape index (κ2) is 9.58. The number of pyridine rings is 1. The minimum atomic E-state index is -0.914. The second-order valence-corrected chi connectivity index (χ2v) is 8.55. The lowest BCUT2D eigenvalue weighted by Crippen LogP contribution is -2.53. The van der Waals surface area contributed by atoms with Crippen LogP contribution < -0.4 is 11.1 Å². The summed E-state index contributed by atoms with van der Waals surface area (Å²) in [5, 5.41) is 3.80. The van der Waals surface area contributed by atoms with Gasteiger partial charge >= 0.3 is 0 Å². The fourth-order valence-corrected chi connectivity index (χ4v) is 4.22. The third-order valence-electron chi connectivity index (χ3n) is 5.81. The quantitative estimate of drug-likeness (QED) is 0.478. The molecule has 1 aromatic carbocycles. The van der Waals surface area contributed by atoms with Crippen LogP contribution >= 0.6 is 11.6 Å². The van der Waals surface area contributed by atoms with Gasteiger partial charge in [0, 0.05) is 24.9 Å². The first-order valence-electron chi connectivity index (χ1n) is 10.6. The molecule has 0 saturated carbocycles. The number of nitrogens with one attached hydrogen (secondary N) is 2. The summed E-state index contributed by atoms with van der Waals surface area (Å²) in [6.45, 7) is 0.676. The standard InChI is InChI=1S/C23H23ClFN5O3/c24-20-10-15-9-17(28-19(15)11-27-20)22(32)29-18(8-13-3-5-16(25)6-4-13)23(33)30-7-1-2-14(12-30)21(26)31/h3-6,9-11,14,18,28H,1-2,7-8,12H2,(H2,26,31)(H,29,32)/t14?,18-/m0/s1. The maximum Gasteiger partial charge on any atom is 0.268 e. The van der Waals surface area contributed by atoms with Gasteiger partial charge in [-0.2, -0.15) is 0 Å². The number of aromatic amines is 1. The number of hydrogen-bond donors (Lipinski definition) is 3. The number of rotatable bonds is 6. The van der Waals surface area contributed by atoms with Crippen molar-refractivity contribution in [3.05, 3.63) is 64.8 Å². The van der Waals surface area contributed by atoms with Gasteiger partial charge in [-0.15, -0.1) is 0 Å². The molecule has 33 heavy (non-hydrogen) atoms. The van der Waals surface area contributed by atoms with Gasteiger partial charge in [0.25, 0.3) is 5.91 Å². The average molecular weight is 472 g/mol. The Morgan fingerprint density at radius 1 is 1.27 bits per heavy atom. The van der Waals surface area contributed by atoms with Crippen molar-refractivity contribution in [3.8, 4) is 0 Å². The van der Waals surface area contributed by atoms with E-state index in [1.165, 1.54) is 18.3 Å². The first-order valence-corrected chi connectivity index (χ1v) is 11.0. The molecule has 2 atom stereocenters. The van der Waals surface area contributed by atoms with Crippen LogP contribution in [0.15, 0.2) is 42.6 Å². The number of nitrogens with two attached hydrogens (primary N) is 1. The van der Waals surface area contributed by atoms with Gasteiger partial charge in [0.1, 0.15) is 22.7 Å². The highest BCUT2D eigenvalue weighted by atomic mass is 35.5. The molecule has 4 N–H and O–H groups in total. The highest BCUT2D eigenvalue weighted by molar-refractivity contribution is 6.30. The molecule has 172 valence electrons. The summed E-state index contributed by atoms with van der Waals surface area (Å²) >= 11 is 5.92. The van der Waals surface area contributed by atoms with E-state index in [-0.39, 0.29) is 24.6 Å². The number of aromatic nitrogens is 2. The van der Waals surface area contributed by atoms with Gasteiger partial charge in [0.15, 0.2) is 0 Å². The van der Waals surface area contributed by atoms with E-state index >= 15 is 0 Å². The van der Waals surface area contributed by atoms with Gasteiger partial charge in [-0.1, -0.05) is 23.7 Å². The molecule has 1 unspecified atom stereocenters. The molecule has 1 fully saturated rings. The van der Waals surface area contributed by atoms with Gasteiger partial charge < -0.3 is 20.9 Å². The Hall–Kier alpha value is -3.46. The molecule has 2 aromatic heterocycles. The van der Waals surface area contributed by atoms with E-state index < -0.39 is 29.6 Å². The first kappa shape index (κ1) is 22.7. The molecule has 0 aliphatic carbocycles. The molecule has 8 nitrogen and oxygen atoms in total. The summed E-state index contributed by atoms with van der Waals surface area (Å²) in [4.78, 5) is 46.5. The zero-order chi connectivity index (χ0) is 23.5. The monoisotopic (exact) mass is 471 g/mol. The predicted molar refractivity (Wildman–Crippen MR) is 121 cm³/mol. The van der Waals surface area contributed by atoms with Gasteiger partial charge in [0.2, 0.25) is 11.8 Å². The number of nitrogens with zero attached hydrogens (tertiary/aromatic N) is 2. The molecule has 0 radical (unpaired) electrons. The van der Waals surface area contributed by atoms with Crippen LogP contribution in [0.4, 0.5) is 4.39 Å². The van der Waals surface area contributed by atoms with Crippen LogP contribution in [0.25, 0.3) is 10.9 Å². The molecule has 1 aliphatic rings. The van der Waals surface area contributed by atoms with E-state index in [0.717, 1.165) is 0 Å². The summed E-state index contributed by atoms with van der Waals surface area (Å²) in [5.41, 5.74) is 7.01. The number of carbonyl (C=O) groups excluding carboxylic acids is 3. The maximum absolute atomic E-state index is 13.4. The normalized spacial score (nSPS) is 17.0. The van der Waals surface area contributed by atoms with Crippen molar-refractivity contribution in [1.29, 1.82) is 0 Å². The Morgan fingerprint density at radius 3 is 2.76 bits per heavy atom. The first-order chi connectivity index (χ1) is 15.8. The van der Waals surface area contributed by atoms with Crippen molar-refractivity contribution in [3.63, 3.8) is 0 Å². The number of carbonyl (C=O) groups is 3. The molecular formula is C23H23ClFN5O3. The van der Waals surface area contributed by atoms with Crippen LogP contribution in [-0.4, -0.2) is 51.7 Å². The number of halogens is 2. The Kier molecular flexibility index (Phi) is 6.60. The van der Waals surface area contributed by atoms with Crippen LogP contribution in [0.1, 0.15) is 28.9 Å². The highest BCUT2D eigenvalue weighted by Crippen LogP contribution is 2.20. The summed E-state index contributed by atoms with van der Waals surface area (Å²) in [7, 11) is 0. The van der Waals surface area contributed by atoms with E-state index in [1.54, 1.807) is 29.2 Å². The molecule has 0 bridgehead atoms. The number of piperidine rings is 1. The van der Waals surface area contributed by atoms with E-state index in [1.807, 2.05) is 0 Å².